The molecule has 5 rings (SSSR count). The van der Waals surface area contributed by atoms with E-state index in [1.807, 2.05) is 0 Å². The molecule has 2 aliphatic heterocycles. The molecule has 37 heavy (non-hydrogen) atoms. The Balaban J connectivity index is 1.34. The SMILES string of the molecule is Cc1c(OCCCN2[C@H](C)CC[C@H]2C)cccc1-c1cccc(-c2ccc3c(c2)CC(CO)NC3)c1C. The van der Waals surface area contributed by atoms with Gasteiger partial charge in [-0.25, -0.2) is 0 Å². The molecular weight excluding hydrogens is 456 g/mol. The van der Waals surface area contributed by atoms with Crippen molar-refractivity contribution in [2.75, 3.05) is 19.8 Å². The van der Waals surface area contributed by atoms with Crippen molar-refractivity contribution in [3.8, 4) is 28.0 Å². The summed E-state index contributed by atoms with van der Waals surface area (Å²) in [5, 5.41) is 13.0. The summed E-state index contributed by atoms with van der Waals surface area (Å²) in [5.41, 5.74) is 10.2. The van der Waals surface area contributed by atoms with E-state index in [4.69, 9.17) is 4.74 Å². The fourth-order valence-electron chi connectivity index (χ4n) is 6.30. The third-order valence-electron chi connectivity index (χ3n) is 8.65. The average Bonchev–Trinajstić information content (AvgIpc) is 3.23. The maximum absolute atomic E-state index is 9.62. The van der Waals surface area contributed by atoms with E-state index in [0.717, 1.165) is 38.3 Å². The highest BCUT2D eigenvalue weighted by atomic mass is 16.5. The van der Waals surface area contributed by atoms with Gasteiger partial charge < -0.3 is 15.2 Å². The molecule has 0 aliphatic carbocycles. The molecule has 4 nitrogen and oxygen atoms in total. The van der Waals surface area contributed by atoms with Gasteiger partial charge in [-0.15, -0.1) is 0 Å². The molecule has 196 valence electrons. The average molecular weight is 499 g/mol. The van der Waals surface area contributed by atoms with Gasteiger partial charge in [0, 0.05) is 31.2 Å². The molecule has 0 bridgehead atoms. The van der Waals surface area contributed by atoms with E-state index in [-0.39, 0.29) is 12.6 Å². The number of likely N-dealkylation sites (tertiary alicyclic amines) is 1. The predicted molar refractivity (Wildman–Crippen MR) is 153 cm³/mol. The molecule has 0 spiro atoms. The highest BCUT2D eigenvalue weighted by Gasteiger charge is 2.26. The zero-order chi connectivity index (χ0) is 25.9. The Bertz CT molecular complexity index is 1230. The number of aliphatic hydroxyl groups excluding tert-OH is 1. The van der Waals surface area contributed by atoms with E-state index in [2.05, 4.69) is 92.5 Å². The summed E-state index contributed by atoms with van der Waals surface area (Å²) >= 11 is 0. The number of benzene rings is 3. The first kappa shape index (κ1) is 26.0. The van der Waals surface area contributed by atoms with Crippen LogP contribution in [0.5, 0.6) is 5.75 Å². The number of hydrogen-bond donors (Lipinski definition) is 2. The zero-order valence-electron chi connectivity index (χ0n) is 22.9. The van der Waals surface area contributed by atoms with Crippen LogP contribution in [0, 0.1) is 13.8 Å². The van der Waals surface area contributed by atoms with Crippen LogP contribution in [0.2, 0.25) is 0 Å². The van der Waals surface area contributed by atoms with Crippen molar-refractivity contribution in [2.45, 2.75) is 78.0 Å². The van der Waals surface area contributed by atoms with Crippen molar-refractivity contribution < 1.29 is 9.84 Å². The molecule has 0 amide bonds. The molecule has 2 N–H and O–H groups in total. The summed E-state index contributed by atoms with van der Waals surface area (Å²) in [6.07, 6.45) is 4.55. The molecule has 1 unspecified atom stereocenters. The first-order chi connectivity index (χ1) is 18.0. The lowest BCUT2D eigenvalue weighted by Crippen LogP contribution is -2.38. The summed E-state index contributed by atoms with van der Waals surface area (Å²) in [4.78, 5) is 2.63. The number of fused-ring (bicyclic) bond motifs is 1. The molecule has 1 fully saturated rings. The third-order valence-corrected chi connectivity index (χ3v) is 8.65. The first-order valence-corrected chi connectivity index (χ1v) is 14.0. The quantitative estimate of drug-likeness (QED) is 0.359. The van der Waals surface area contributed by atoms with Gasteiger partial charge in [0.15, 0.2) is 0 Å². The fourth-order valence-corrected chi connectivity index (χ4v) is 6.30. The Labute approximate surface area is 222 Å². The summed E-state index contributed by atoms with van der Waals surface area (Å²) in [7, 11) is 0. The predicted octanol–water partition coefficient (Wildman–Crippen LogP) is 6.29. The fraction of sp³-hybridized carbons (Fsp3) is 0.455. The normalized spacial score (nSPS) is 21.7. The van der Waals surface area contributed by atoms with Gasteiger partial charge in [0.05, 0.1) is 13.2 Å². The van der Waals surface area contributed by atoms with Gasteiger partial charge in [-0.05, 0) is 104 Å². The number of ether oxygens (including phenoxy) is 1. The van der Waals surface area contributed by atoms with Crippen molar-refractivity contribution in [1.82, 2.24) is 10.2 Å². The maximum Gasteiger partial charge on any atom is 0.122 e. The molecule has 3 aromatic rings. The van der Waals surface area contributed by atoms with Crippen molar-refractivity contribution >= 4 is 0 Å². The van der Waals surface area contributed by atoms with Crippen LogP contribution in [0.25, 0.3) is 22.3 Å². The van der Waals surface area contributed by atoms with Gasteiger partial charge in [0.1, 0.15) is 5.75 Å². The minimum Gasteiger partial charge on any atom is -0.493 e. The van der Waals surface area contributed by atoms with E-state index in [1.165, 1.54) is 57.3 Å². The molecule has 2 heterocycles. The van der Waals surface area contributed by atoms with Gasteiger partial charge >= 0.3 is 0 Å². The smallest absolute Gasteiger partial charge is 0.122 e. The molecule has 1 saturated heterocycles. The number of hydrogen-bond acceptors (Lipinski definition) is 4. The molecule has 4 heteroatoms. The van der Waals surface area contributed by atoms with Gasteiger partial charge in [-0.3, -0.25) is 4.90 Å². The van der Waals surface area contributed by atoms with E-state index in [9.17, 15) is 5.11 Å². The van der Waals surface area contributed by atoms with Crippen LogP contribution < -0.4 is 10.1 Å². The lowest BCUT2D eigenvalue weighted by atomic mass is 9.88. The van der Waals surface area contributed by atoms with Crippen molar-refractivity contribution in [1.29, 1.82) is 0 Å². The summed E-state index contributed by atoms with van der Waals surface area (Å²) in [5.74, 6) is 0.987. The van der Waals surface area contributed by atoms with Gasteiger partial charge in [-0.1, -0.05) is 48.5 Å². The first-order valence-electron chi connectivity index (χ1n) is 14.0. The highest BCUT2D eigenvalue weighted by molar-refractivity contribution is 5.80. The lowest BCUT2D eigenvalue weighted by molar-refractivity contribution is 0.191. The topological polar surface area (TPSA) is 44.7 Å². The number of rotatable bonds is 8. The van der Waals surface area contributed by atoms with Gasteiger partial charge in [0.25, 0.3) is 0 Å². The maximum atomic E-state index is 9.62. The van der Waals surface area contributed by atoms with E-state index in [0.29, 0.717) is 12.1 Å². The molecule has 0 saturated carbocycles. The minimum absolute atomic E-state index is 0.141. The Morgan fingerprint density at radius 1 is 0.892 bits per heavy atom. The molecule has 3 aromatic carbocycles. The molecular formula is C33H42N2O2. The Kier molecular flexibility index (Phi) is 7.99. The van der Waals surface area contributed by atoms with Gasteiger partial charge in [0.2, 0.25) is 0 Å². The summed E-state index contributed by atoms with van der Waals surface area (Å²) in [6.45, 7) is 12.0. The second-order valence-electron chi connectivity index (χ2n) is 11.1. The van der Waals surface area contributed by atoms with Crippen LogP contribution in [-0.4, -0.2) is 47.9 Å². The van der Waals surface area contributed by atoms with Crippen molar-refractivity contribution in [2.24, 2.45) is 0 Å². The van der Waals surface area contributed by atoms with Crippen LogP contribution in [0.3, 0.4) is 0 Å². The molecule has 3 atom stereocenters. The number of aliphatic hydroxyl groups is 1. The van der Waals surface area contributed by atoms with Crippen LogP contribution in [0.15, 0.2) is 54.6 Å². The largest absolute Gasteiger partial charge is 0.493 e. The Hall–Kier alpha value is -2.66. The summed E-state index contributed by atoms with van der Waals surface area (Å²) < 4.78 is 6.31. The van der Waals surface area contributed by atoms with Crippen LogP contribution in [-0.2, 0) is 13.0 Å². The van der Waals surface area contributed by atoms with E-state index in [1.54, 1.807) is 0 Å². The number of nitrogens with zero attached hydrogens (tertiary/aromatic N) is 1. The number of nitrogens with one attached hydrogen (secondary N) is 1. The van der Waals surface area contributed by atoms with Crippen LogP contribution in [0.1, 0.15) is 55.4 Å². The highest BCUT2D eigenvalue weighted by Crippen LogP contribution is 2.37. The van der Waals surface area contributed by atoms with E-state index < -0.39 is 0 Å². The lowest BCUT2D eigenvalue weighted by Gasteiger charge is -2.26. The second kappa shape index (κ2) is 11.4. The Morgan fingerprint density at radius 2 is 1.59 bits per heavy atom. The standard InChI is InChI=1S/C33H42N2O2/c1-22-12-13-23(2)35(22)16-7-17-37-33-11-6-10-32(25(33)4)31-9-5-8-30(24(31)3)26-14-15-27-20-34-29(21-36)19-28(27)18-26/h5-6,8-11,14-15,18,22-23,29,34,36H,7,12-13,16-17,19-21H2,1-4H3/t22-,23-,29?/m1/s1. The Morgan fingerprint density at radius 3 is 2.35 bits per heavy atom. The third kappa shape index (κ3) is 5.47. The van der Waals surface area contributed by atoms with Crippen molar-refractivity contribution in [3.05, 3.63) is 76.9 Å². The van der Waals surface area contributed by atoms with Crippen LogP contribution >= 0.6 is 0 Å². The minimum atomic E-state index is 0.141. The molecule has 0 radical (unpaired) electrons. The van der Waals surface area contributed by atoms with Gasteiger partial charge in [-0.2, -0.15) is 0 Å². The molecule has 0 aromatic heterocycles. The molecule has 2 aliphatic rings. The van der Waals surface area contributed by atoms with Crippen LogP contribution in [0.4, 0.5) is 0 Å². The van der Waals surface area contributed by atoms with Crippen molar-refractivity contribution in [3.63, 3.8) is 0 Å². The monoisotopic (exact) mass is 498 g/mol. The second-order valence-corrected chi connectivity index (χ2v) is 11.1. The zero-order valence-corrected chi connectivity index (χ0v) is 22.9. The summed E-state index contributed by atoms with van der Waals surface area (Å²) in [6, 6.07) is 21.4. The van der Waals surface area contributed by atoms with E-state index >= 15 is 0 Å².